The SMILES string of the molecule is COC1(c2ncc([C@H](C)N)c(C)n2)CCC(C)CC1. The fraction of sp³-hybridized carbons (Fsp3) is 0.733. The predicted molar refractivity (Wildman–Crippen MR) is 75.7 cm³/mol. The molecule has 0 spiro atoms. The highest BCUT2D eigenvalue weighted by Crippen LogP contribution is 2.40. The van der Waals surface area contributed by atoms with Gasteiger partial charge in [0.05, 0.1) is 0 Å². The summed E-state index contributed by atoms with van der Waals surface area (Å²) >= 11 is 0. The van der Waals surface area contributed by atoms with Crippen molar-refractivity contribution in [2.45, 2.75) is 58.1 Å². The summed E-state index contributed by atoms with van der Waals surface area (Å²) in [5, 5.41) is 0. The van der Waals surface area contributed by atoms with Crippen LogP contribution < -0.4 is 5.73 Å². The maximum Gasteiger partial charge on any atom is 0.160 e. The van der Waals surface area contributed by atoms with Gasteiger partial charge in [-0.15, -0.1) is 0 Å². The molecule has 1 atom stereocenters. The van der Waals surface area contributed by atoms with Gasteiger partial charge in [-0.1, -0.05) is 6.92 Å². The van der Waals surface area contributed by atoms with E-state index in [2.05, 4.69) is 16.9 Å². The van der Waals surface area contributed by atoms with E-state index in [4.69, 9.17) is 10.5 Å². The molecule has 0 bridgehead atoms. The average molecular weight is 263 g/mol. The topological polar surface area (TPSA) is 61.0 Å². The highest BCUT2D eigenvalue weighted by Gasteiger charge is 2.38. The van der Waals surface area contributed by atoms with Crippen LogP contribution in [0.3, 0.4) is 0 Å². The molecule has 0 aromatic carbocycles. The number of ether oxygens (including phenoxy) is 1. The normalized spacial score (nSPS) is 29.2. The molecule has 1 aliphatic carbocycles. The van der Waals surface area contributed by atoms with Crippen molar-refractivity contribution in [1.29, 1.82) is 0 Å². The van der Waals surface area contributed by atoms with Gasteiger partial charge in [-0.05, 0) is 45.4 Å². The number of hydrogen-bond donors (Lipinski definition) is 1. The molecule has 19 heavy (non-hydrogen) atoms. The van der Waals surface area contributed by atoms with E-state index in [-0.39, 0.29) is 11.6 Å². The van der Waals surface area contributed by atoms with Crippen LogP contribution in [0, 0.1) is 12.8 Å². The van der Waals surface area contributed by atoms with Gasteiger partial charge in [0.2, 0.25) is 0 Å². The predicted octanol–water partition coefficient (Wildman–Crippen LogP) is 2.86. The molecule has 1 aromatic heterocycles. The minimum atomic E-state index is -0.298. The van der Waals surface area contributed by atoms with E-state index in [1.165, 1.54) is 12.8 Å². The summed E-state index contributed by atoms with van der Waals surface area (Å²) in [6.07, 6.45) is 6.21. The molecule has 1 saturated carbocycles. The van der Waals surface area contributed by atoms with E-state index in [0.717, 1.165) is 35.8 Å². The van der Waals surface area contributed by atoms with Crippen molar-refractivity contribution in [3.05, 3.63) is 23.3 Å². The lowest BCUT2D eigenvalue weighted by Gasteiger charge is -2.37. The van der Waals surface area contributed by atoms with Crippen molar-refractivity contribution in [1.82, 2.24) is 9.97 Å². The molecule has 1 aliphatic rings. The maximum atomic E-state index is 5.92. The molecule has 2 rings (SSSR count). The van der Waals surface area contributed by atoms with Crippen molar-refractivity contribution in [2.75, 3.05) is 7.11 Å². The van der Waals surface area contributed by atoms with E-state index in [1.807, 2.05) is 20.0 Å². The lowest BCUT2D eigenvalue weighted by molar-refractivity contribution is -0.0599. The first kappa shape index (κ1) is 14.4. The Kier molecular flexibility index (Phi) is 4.21. The van der Waals surface area contributed by atoms with Crippen LogP contribution in [0.5, 0.6) is 0 Å². The number of aromatic nitrogens is 2. The number of hydrogen-bond acceptors (Lipinski definition) is 4. The first-order valence-electron chi connectivity index (χ1n) is 7.13. The third-order valence-corrected chi connectivity index (χ3v) is 4.39. The largest absolute Gasteiger partial charge is 0.370 e. The summed E-state index contributed by atoms with van der Waals surface area (Å²) in [6, 6.07) is -0.0288. The van der Waals surface area contributed by atoms with E-state index >= 15 is 0 Å². The van der Waals surface area contributed by atoms with Crippen molar-refractivity contribution >= 4 is 0 Å². The van der Waals surface area contributed by atoms with Crippen molar-refractivity contribution < 1.29 is 4.74 Å². The molecule has 0 unspecified atom stereocenters. The zero-order valence-corrected chi connectivity index (χ0v) is 12.4. The van der Waals surface area contributed by atoms with Crippen molar-refractivity contribution in [2.24, 2.45) is 11.7 Å². The molecular weight excluding hydrogens is 238 g/mol. The van der Waals surface area contributed by atoms with Crippen molar-refractivity contribution in [3.63, 3.8) is 0 Å². The fourth-order valence-corrected chi connectivity index (χ4v) is 2.89. The molecule has 0 aliphatic heterocycles. The summed E-state index contributed by atoms with van der Waals surface area (Å²) in [5.74, 6) is 1.59. The first-order valence-corrected chi connectivity index (χ1v) is 7.13. The number of nitrogens with two attached hydrogens (primary N) is 1. The summed E-state index contributed by atoms with van der Waals surface area (Å²) in [7, 11) is 1.77. The van der Waals surface area contributed by atoms with E-state index < -0.39 is 0 Å². The molecule has 4 heteroatoms. The zero-order valence-electron chi connectivity index (χ0n) is 12.4. The lowest BCUT2D eigenvalue weighted by atomic mass is 9.79. The van der Waals surface area contributed by atoms with Gasteiger partial charge in [-0.3, -0.25) is 0 Å². The summed E-state index contributed by atoms with van der Waals surface area (Å²) < 4.78 is 5.81. The number of aryl methyl sites for hydroxylation is 1. The Morgan fingerprint density at radius 1 is 1.42 bits per heavy atom. The van der Waals surface area contributed by atoms with Gasteiger partial charge in [0.1, 0.15) is 5.60 Å². The van der Waals surface area contributed by atoms with Gasteiger partial charge in [0, 0.05) is 30.6 Å². The Labute approximate surface area is 115 Å². The molecule has 1 aromatic rings. The smallest absolute Gasteiger partial charge is 0.160 e. The Morgan fingerprint density at radius 2 is 2.05 bits per heavy atom. The van der Waals surface area contributed by atoms with Gasteiger partial charge >= 0.3 is 0 Å². The third kappa shape index (κ3) is 2.79. The summed E-state index contributed by atoms with van der Waals surface area (Å²) in [5.41, 5.74) is 7.60. The number of rotatable bonds is 3. The van der Waals surface area contributed by atoms with Gasteiger partial charge < -0.3 is 10.5 Å². The minimum Gasteiger partial charge on any atom is -0.370 e. The second kappa shape index (κ2) is 5.55. The van der Waals surface area contributed by atoms with Crippen LogP contribution in [0.2, 0.25) is 0 Å². The number of nitrogens with zero attached hydrogens (tertiary/aromatic N) is 2. The second-order valence-corrected chi connectivity index (χ2v) is 5.90. The fourth-order valence-electron chi connectivity index (χ4n) is 2.89. The van der Waals surface area contributed by atoms with Crippen LogP contribution >= 0.6 is 0 Å². The molecule has 4 nitrogen and oxygen atoms in total. The van der Waals surface area contributed by atoms with Gasteiger partial charge in [0.25, 0.3) is 0 Å². The quantitative estimate of drug-likeness (QED) is 0.911. The lowest BCUT2D eigenvalue weighted by Crippen LogP contribution is -2.35. The molecule has 106 valence electrons. The van der Waals surface area contributed by atoms with Gasteiger partial charge in [-0.25, -0.2) is 9.97 Å². The maximum absolute atomic E-state index is 5.92. The van der Waals surface area contributed by atoms with Crippen LogP contribution in [-0.2, 0) is 10.3 Å². The second-order valence-electron chi connectivity index (χ2n) is 5.90. The van der Waals surface area contributed by atoms with E-state index in [0.29, 0.717) is 0 Å². The van der Waals surface area contributed by atoms with Crippen LogP contribution in [0.25, 0.3) is 0 Å². The van der Waals surface area contributed by atoms with E-state index in [1.54, 1.807) is 7.11 Å². The Bertz CT molecular complexity index is 437. The molecule has 0 saturated heterocycles. The molecular formula is C15H25N3O. The molecule has 0 radical (unpaired) electrons. The summed E-state index contributed by atoms with van der Waals surface area (Å²) in [6.45, 7) is 6.25. The van der Waals surface area contributed by atoms with Crippen molar-refractivity contribution in [3.8, 4) is 0 Å². The van der Waals surface area contributed by atoms with Crippen LogP contribution in [0.4, 0.5) is 0 Å². The Morgan fingerprint density at radius 3 is 2.53 bits per heavy atom. The van der Waals surface area contributed by atoms with Gasteiger partial charge in [0.15, 0.2) is 5.82 Å². The van der Waals surface area contributed by atoms with Crippen LogP contribution in [0.15, 0.2) is 6.20 Å². The monoisotopic (exact) mass is 263 g/mol. The summed E-state index contributed by atoms with van der Waals surface area (Å²) in [4.78, 5) is 9.21. The van der Waals surface area contributed by atoms with E-state index in [9.17, 15) is 0 Å². The van der Waals surface area contributed by atoms with Gasteiger partial charge in [-0.2, -0.15) is 0 Å². The number of methoxy groups -OCH3 is 1. The van der Waals surface area contributed by atoms with Crippen LogP contribution in [0.1, 0.15) is 62.7 Å². The molecule has 1 heterocycles. The average Bonchev–Trinajstić information content (AvgIpc) is 2.39. The molecule has 2 N–H and O–H groups in total. The Balaban J connectivity index is 2.31. The minimum absolute atomic E-state index is 0.0288. The highest BCUT2D eigenvalue weighted by molar-refractivity contribution is 5.21. The zero-order chi connectivity index (χ0) is 14.0. The highest BCUT2D eigenvalue weighted by atomic mass is 16.5. The van der Waals surface area contributed by atoms with Crippen LogP contribution in [-0.4, -0.2) is 17.1 Å². The standard InChI is InChI=1S/C15H25N3O/c1-10-5-7-15(19-4,8-6-10)14-17-9-13(11(2)16)12(3)18-14/h9-11H,5-8,16H2,1-4H3/t10?,11-,15?/m0/s1. The molecule has 1 fully saturated rings. The Hall–Kier alpha value is -1.00. The third-order valence-electron chi connectivity index (χ3n) is 4.39. The molecule has 0 amide bonds. The first-order chi connectivity index (χ1) is 8.98.